The van der Waals surface area contributed by atoms with Crippen LogP contribution < -0.4 is 16.4 Å². The van der Waals surface area contributed by atoms with E-state index in [1.165, 1.54) is 12.1 Å². The minimum atomic E-state index is -1.17. The van der Waals surface area contributed by atoms with Crippen LogP contribution in [0.15, 0.2) is 18.2 Å². The fourth-order valence-corrected chi connectivity index (χ4v) is 1.91. The molecule has 1 aromatic rings. The number of rotatable bonds is 9. The summed E-state index contributed by atoms with van der Waals surface area (Å²) in [5, 5.41) is 25.2. The number of carboxylic acid groups (broad SMARTS) is 1. The Morgan fingerprint density at radius 2 is 2.13 bits per heavy atom. The second kappa shape index (κ2) is 8.81. The number of aliphatic carboxylic acids is 1. The molecule has 0 spiro atoms. The van der Waals surface area contributed by atoms with E-state index in [-0.39, 0.29) is 17.8 Å². The van der Waals surface area contributed by atoms with Gasteiger partial charge < -0.3 is 21.5 Å². The Morgan fingerprint density at radius 1 is 1.43 bits per heavy atom. The number of aryl methyl sites for hydroxylation is 1. The molecule has 1 atom stereocenters. The van der Waals surface area contributed by atoms with E-state index < -0.39 is 22.8 Å². The summed E-state index contributed by atoms with van der Waals surface area (Å²) in [7, 11) is 0. The summed E-state index contributed by atoms with van der Waals surface area (Å²) in [6, 6.07) is 3.30. The molecule has 1 aromatic carbocycles. The Labute approximate surface area is 133 Å². The molecular weight excluding hydrogens is 304 g/mol. The van der Waals surface area contributed by atoms with Crippen LogP contribution in [0, 0.1) is 17.0 Å². The number of hydrogen-bond donors (Lipinski definition) is 4. The highest BCUT2D eigenvalue weighted by Gasteiger charge is 2.22. The first-order valence-corrected chi connectivity index (χ1v) is 7.06. The Balaban J connectivity index is 2.75. The number of hydrogen-bond acceptors (Lipinski definition) is 6. The fourth-order valence-electron chi connectivity index (χ4n) is 1.91. The maximum absolute atomic E-state index is 12.0. The topological polar surface area (TPSA) is 148 Å². The molecule has 9 nitrogen and oxygen atoms in total. The average molecular weight is 324 g/mol. The van der Waals surface area contributed by atoms with Gasteiger partial charge in [-0.15, -0.1) is 0 Å². The number of anilines is 1. The lowest BCUT2D eigenvalue weighted by Gasteiger charge is -2.14. The minimum Gasteiger partial charge on any atom is -0.480 e. The standard InChI is InChI=1S/C14H20N4O5/c1-9-3-4-10(12(7-9)18(22)23)17-13(19)8-11(14(20)21)16-6-2-5-15/h3-4,7,11,16H,2,5-6,8,15H2,1H3,(H,17,19)(H,20,21)/t11-/m1/s1. The predicted molar refractivity (Wildman–Crippen MR) is 84.2 cm³/mol. The zero-order valence-corrected chi connectivity index (χ0v) is 12.7. The van der Waals surface area contributed by atoms with E-state index in [1.807, 2.05) is 0 Å². The van der Waals surface area contributed by atoms with E-state index in [1.54, 1.807) is 13.0 Å². The van der Waals surface area contributed by atoms with Crippen LogP contribution in [-0.4, -0.2) is 41.0 Å². The lowest BCUT2D eigenvalue weighted by Crippen LogP contribution is -2.40. The molecule has 0 aliphatic rings. The fraction of sp³-hybridized carbons (Fsp3) is 0.429. The number of nitrogens with one attached hydrogen (secondary N) is 2. The number of benzene rings is 1. The normalized spacial score (nSPS) is 11.7. The summed E-state index contributed by atoms with van der Waals surface area (Å²) in [5.74, 6) is -1.79. The molecule has 0 fully saturated rings. The van der Waals surface area contributed by atoms with Crippen molar-refractivity contribution in [2.45, 2.75) is 25.8 Å². The zero-order valence-electron chi connectivity index (χ0n) is 12.7. The van der Waals surface area contributed by atoms with E-state index in [0.717, 1.165) is 0 Å². The van der Waals surface area contributed by atoms with Gasteiger partial charge in [-0.3, -0.25) is 19.7 Å². The largest absolute Gasteiger partial charge is 0.480 e. The van der Waals surface area contributed by atoms with Crippen LogP contribution in [0.25, 0.3) is 0 Å². The first-order valence-electron chi connectivity index (χ1n) is 7.06. The average Bonchev–Trinajstić information content (AvgIpc) is 2.47. The third-order valence-corrected chi connectivity index (χ3v) is 3.08. The summed E-state index contributed by atoms with van der Waals surface area (Å²) in [5.41, 5.74) is 5.81. The Morgan fingerprint density at radius 3 is 2.70 bits per heavy atom. The summed E-state index contributed by atoms with van der Waals surface area (Å²) in [4.78, 5) is 33.5. The van der Waals surface area contributed by atoms with Crippen molar-refractivity contribution in [3.05, 3.63) is 33.9 Å². The molecule has 0 saturated carbocycles. The van der Waals surface area contributed by atoms with E-state index in [9.17, 15) is 19.7 Å². The smallest absolute Gasteiger partial charge is 0.321 e. The highest BCUT2D eigenvalue weighted by molar-refractivity contribution is 5.95. The van der Waals surface area contributed by atoms with Crippen molar-refractivity contribution in [2.75, 3.05) is 18.4 Å². The molecule has 0 radical (unpaired) electrons. The van der Waals surface area contributed by atoms with Crippen LogP contribution >= 0.6 is 0 Å². The Kier molecular flexibility index (Phi) is 7.10. The van der Waals surface area contributed by atoms with Gasteiger partial charge in [0.15, 0.2) is 0 Å². The van der Waals surface area contributed by atoms with Crippen molar-refractivity contribution in [3.63, 3.8) is 0 Å². The van der Waals surface area contributed by atoms with Crippen molar-refractivity contribution in [3.8, 4) is 0 Å². The van der Waals surface area contributed by atoms with Gasteiger partial charge in [0.05, 0.1) is 11.3 Å². The molecule has 23 heavy (non-hydrogen) atoms. The molecule has 1 rings (SSSR count). The quantitative estimate of drug-likeness (QED) is 0.296. The van der Waals surface area contributed by atoms with Gasteiger partial charge in [0, 0.05) is 6.07 Å². The number of carboxylic acids is 1. The van der Waals surface area contributed by atoms with Gasteiger partial charge in [-0.2, -0.15) is 0 Å². The molecule has 0 aliphatic heterocycles. The van der Waals surface area contributed by atoms with Gasteiger partial charge in [0.1, 0.15) is 11.7 Å². The third kappa shape index (κ3) is 6.01. The number of nitro benzene ring substituents is 1. The van der Waals surface area contributed by atoms with Crippen LogP contribution in [0.3, 0.4) is 0 Å². The lowest BCUT2D eigenvalue weighted by atomic mass is 10.1. The van der Waals surface area contributed by atoms with Crippen LogP contribution in [0.1, 0.15) is 18.4 Å². The molecule has 0 aliphatic carbocycles. The summed E-state index contributed by atoms with van der Waals surface area (Å²) in [6.45, 7) is 2.47. The van der Waals surface area contributed by atoms with Crippen molar-refractivity contribution in [2.24, 2.45) is 5.73 Å². The number of amides is 1. The second-order valence-electron chi connectivity index (χ2n) is 5.02. The molecule has 0 unspecified atom stereocenters. The minimum absolute atomic E-state index is 0.0386. The molecule has 9 heteroatoms. The van der Waals surface area contributed by atoms with Crippen molar-refractivity contribution in [1.29, 1.82) is 0 Å². The predicted octanol–water partition coefficient (Wildman–Crippen LogP) is 0.623. The van der Waals surface area contributed by atoms with E-state index >= 15 is 0 Å². The molecule has 5 N–H and O–H groups in total. The lowest BCUT2D eigenvalue weighted by molar-refractivity contribution is -0.384. The number of carbonyl (C=O) groups excluding carboxylic acids is 1. The number of nitrogens with two attached hydrogens (primary N) is 1. The Bertz CT molecular complexity index is 591. The molecule has 1 amide bonds. The third-order valence-electron chi connectivity index (χ3n) is 3.08. The van der Waals surface area contributed by atoms with Gasteiger partial charge in [0.2, 0.25) is 5.91 Å². The maximum atomic E-state index is 12.0. The molecule has 126 valence electrons. The molecular formula is C14H20N4O5. The summed E-state index contributed by atoms with van der Waals surface area (Å²) >= 11 is 0. The first kappa shape index (κ1) is 18.5. The SMILES string of the molecule is Cc1ccc(NC(=O)C[C@@H](NCCCN)C(=O)O)c([N+](=O)[O-])c1. The molecule has 0 heterocycles. The van der Waals surface area contributed by atoms with Gasteiger partial charge in [-0.05, 0) is 38.1 Å². The van der Waals surface area contributed by atoms with Crippen molar-refractivity contribution < 1.29 is 19.6 Å². The Hall–Kier alpha value is -2.52. The number of carbonyl (C=O) groups is 2. The highest BCUT2D eigenvalue weighted by atomic mass is 16.6. The number of nitro groups is 1. The van der Waals surface area contributed by atoms with Gasteiger partial charge in [-0.25, -0.2) is 0 Å². The summed E-state index contributed by atoms with van der Waals surface area (Å²) in [6.07, 6.45) is 0.236. The van der Waals surface area contributed by atoms with Gasteiger partial charge >= 0.3 is 5.97 Å². The first-order chi connectivity index (χ1) is 10.8. The number of nitrogens with zero attached hydrogens (tertiary/aromatic N) is 1. The zero-order chi connectivity index (χ0) is 17.4. The van der Waals surface area contributed by atoms with Crippen molar-refractivity contribution in [1.82, 2.24) is 5.32 Å². The second-order valence-corrected chi connectivity index (χ2v) is 5.02. The van der Waals surface area contributed by atoms with Crippen LogP contribution in [-0.2, 0) is 9.59 Å². The summed E-state index contributed by atoms with van der Waals surface area (Å²) < 4.78 is 0. The van der Waals surface area contributed by atoms with E-state index in [0.29, 0.717) is 25.1 Å². The van der Waals surface area contributed by atoms with Crippen LogP contribution in [0.4, 0.5) is 11.4 Å². The maximum Gasteiger partial charge on any atom is 0.321 e. The van der Waals surface area contributed by atoms with Crippen LogP contribution in [0.2, 0.25) is 0 Å². The van der Waals surface area contributed by atoms with Gasteiger partial charge in [0.25, 0.3) is 5.69 Å². The molecule has 0 aromatic heterocycles. The van der Waals surface area contributed by atoms with E-state index in [4.69, 9.17) is 10.8 Å². The highest BCUT2D eigenvalue weighted by Crippen LogP contribution is 2.25. The molecule has 0 bridgehead atoms. The van der Waals surface area contributed by atoms with Gasteiger partial charge in [-0.1, -0.05) is 6.07 Å². The van der Waals surface area contributed by atoms with E-state index in [2.05, 4.69) is 10.6 Å². The van der Waals surface area contributed by atoms with Crippen molar-refractivity contribution >= 4 is 23.3 Å². The molecule has 0 saturated heterocycles. The monoisotopic (exact) mass is 324 g/mol. The van der Waals surface area contributed by atoms with Crippen LogP contribution in [0.5, 0.6) is 0 Å².